The molecule has 0 aromatic carbocycles. The first-order chi connectivity index (χ1) is 11.6. The highest BCUT2D eigenvalue weighted by molar-refractivity contribution is 5.90. The standard InChI is InChI=1S/C18H28N2O4/c1-3-23-17(21)13-5-9-15(10-6-13)19-20-16-11-7-14(8-12-16)18(22)24-4-2/h13-14H,3-12H2,1-2H3. The Labute approximate surface area is 143 Å². The summed E-state index contributed by atoms with van der Waals surface area (Å²) in [6.07, 6.45) is 6.44. The van der Waals surface area contributed by atoms with Crippen LogP contribution in [-0.4, -0.2) is 36.6 Å². The number of hydrogen-bond acceptors (Lipinski definition) is 6. The minimum Gasteiger partial charge on any atom is -0.466 e. The van der Waals surface area contributed by atoms with Gasteiger partial charge in [-0.1, -0.05) is 0 Å². The van der Waals surface area contributed by atoms with Gasteiger partial charge in [0.2, 0.25) is 0 Å². The van der Waals surface area contributed by atoms with E-state index in [1.165, 1.54) is 0 Å². The van der Waals surface area contributed by atoms with Crippen LogP contribution in [-0.2, 0) is 19.1 Å². The fraction of sp³-hybridized carbons (Fsp3) is 0.778. The Morgan fingerprint density at radius 2 is 1.12 bits per heavy atom. The Balaban J connectivity index is 1.77. The van der Waals surface area contributed by atoms with E-state index in [1.54, 1.807) is 0 Å². The van der Waals surface area contributed by atoms with Crippen molar-refractivity contribution < 1.29 is 19.1 Å². The van der Waals surface area contributed by atoms with E-state index in [4.69, 9.17) is 9.47 Å². The number of nitrogens with zero attached hydrogens (tertiary/aromatic N) is 2. The van der Waals surface area contributed by atoms with Crippen LogP contribution in [0.25, 0.3) is 0 Å². The van der Waals surface area contributed by atoms with Gasteiger partial charge in [-0.25, -0.2) is 0 Å². The maximum Gasteiger partial charge on any atom is 0.308 e. The Morgan fingerprint density at radius 1 is 0.792 bits per heavy atom. The van der Waals surface area contributed by atoms with Gasteiger partial charge in [-0.3, -0.25) is 9.59 Å². The molecule has 0 aliphatic heterocycles. The molecule has 0 aromatic rings. The minimum absolute atomic E-state index is 0.0107. The van der Waals surface area contributed by atoms with Crippen LogP contribution in [0.3, 0.4) is 0 Å². The lowest BCUT2D eigenvalue weighted by Gasteiger charge is -2.22. The zero-order valence-electron chi connectivity index (χ0n) is 14.8. The van der Waals surface area contributed by atoms with E-state index >= 15 is 0 Å². The maximum absolute atomic E-state index is 11.7. The predicted octanol–water partition coefficient (Wildman–Crippen LogP) is 3.29. The molecule has 0 radical (unpaired) electrons. The van der Waals surface area contributed by atoms with Crippen molar-refractivity contribution >= 4 is 23.4 Å². The first-order valence-corrected chi connectivity index (χ1v) is 9.08. The molecule has 6 heteroatoms. The van der Waals surface area contributed by atoms with Gasteiger partial charge in [-0.05, 0) is 65.2 Å². The van der Waals surface area contributed by atoms with Crippen molar-refractivity contribution in [3.63, 3.8) is 0 Å². The van der Waals surface area contributed by atoms with E-state index < -0.39 is 0 Å². The molecule has 0 unspecified atom stereocenters. The van der Waals surface area contributed by atoms with Crippen LogP contribution in [0, 0.1) is 11.8 Å². The summed E-state index contributed by atoms with van der Waals surface area (Å²) in [5.41, 5.74) is 2.13. The van der Waals surface area contributed by atoms with Crippen molar-refractivity contribution in [3.8, 4) is 0 Å². The van der Waals surface area contributed by atoms with Crippen LogP contribution in [0.15, 0.2) is 10.2 Å². The van der Waals surface area contributed by atoms with Gasteiger partial charge < -0.3 is 9.47 Å². The first-order valence-electron chi connectivity index (χ1n) is 9.08. The quantitative estimate of drug-likeness (QED) is 0.570. The molecule has 0 N–H and O–H groups in total. The molecule has 6 nitrogen and oxygen atoms in total. The van der Waals surface area contributed by atoms with Gasteiger partial charge in [-0.15, -0.1) is 0 Å². The molecule has 2 saturated carbocycles. The Morgan fingerprint density at radius 3 is 1.42 bits per heavy atom. The van der Waals surface area contributed by atoms with E-state index in [-0.39, 0.29) is 23.8 Å². The molecule has 0 bridgehead atoms. The van der Waals surface area contributed by atoms with Gasteiger partial charge in [0.15, 0.2) is 0 Å². The number of hydrogen-bond donors (Lipinski definition) is 0. The van der Waals surface area contributed by atoms with Crippen LogP contribution in [0.1, 0.15) is 65.2 Å². The monoisotopic (exact) mass is 336 g/mol. The largest absolute Gasteiger partial charge is 0.466 e. The molecule has 0 atom stereocenters. The molecule has 0 saturated heterocycles. The molecule has 0 aromatic heterocycles. The summed E-state index contributed by atoms with van der Waals surface area (Å²) in [5.74, 6) is -0.145. The van der Waals surface area contributed by atoms with Gasteiger partial charge in [0.1, 0.15) is 0 Å². The zero-order chi connectivity index (χ0) is 17.4. The van der Waals surface area contributed by atoms with E-state index in [0.717, 1.165) is 62.8 Å². The number of rotatable bonds is 5. The average Bonchev–Trinajstić information content (AvgIpc) is 2.61. The van der Waals surface area contributed by atoms with Gasteiger partial charge in [0.05, 0.1) is 25.0 Å². The van der Waals surface area contributed by atoms with Crippen molar-refractivity contribution in [2.75, 3.05) is 13.2 Å². The fourth-order valence-corrected chi connectivity index (χ4v) is 3.24. The minimum atomic E-state index is -0.0832. The van der Waals surface area contributed by atoms with Crippen LogP contribution < -0.4 is 0 Å². The molecule has 24 heavy (non-hydrogen) atoms. The maximum atomic E-state index is 11.7. The molecule has 134 valence electrons. The Kier molecular flexibility index (Phi) is 7.40. The van der Waals surface area contributed by atoms with Crippen molar-refractivity contribution in [2.24, 2.45) is 22.0 Å². The Hall–Kier alpha value is -1.72. The van der Waals surface area contributed by atoms with E-state index in [2.05, 4.69) is 10.2 Å². The molecule has 2 aliphatic carbocycles. The molecule has 0 spiro atoms. The lowest BCUT2D eigenvalue weighted by molar-refractivity contribution is -0.149. The summed E-state index contributed by atoms with van der Waals surface area (Å²) in [4.78, 5) is 23.4. The van der Waals surface area contributed by atoms with Crippen molar-refractivity contribution in [1.82, 2.24) is 0 Å². The summed E-state index contributed by atoms with van der Waals surface area (Å²) in [5, 5.41) is 8.78. The number of esters is 2. The third kappa shape index (κ3) is 5.42. The number of carbonyl (C=O) groups excluding carboxylic acids is 2. The first kappa shape index (κ1) is 18.6. The number of carbonyl (C=O) groups is 2. The average molecular weight is 336 g/mol. The van der Waals surface area contributed by atoms with E-state index in [1.807, 2.05) is 13.8 Å². The highest BCUT2D eigenvalue weighted by Crippen LogP contribution is 2.25. The molecule has 2 rings (SSSR count). The summed E-state index contributed by atoms with van der Waals surface area (Å²) in [7, 11) is 0. The third-order valence-electron chi connectivity index (χ3n) is 4.70. The van der Waals surface area contributed by atoms with Gasteiger partial charge in [-0.2, -0.15) is 10.2 Å². The smallest absolute Gasteiger partial charge is 0.308 e. The van der Waals surface area contributed by atoms with Crippen LogP contribution in [0.4, 0.5) is 0 Å². The lowest BCUT2D eigenvalue weighted by atomic mass is 9.88. The van der Waals surface area contributed by atoms with Crippen LogP contribution >= 0.6 is 0 Å². The molecule has 2 aliphatic rings. The normalized spacial score (nSPS) is 24.2. The van der Waals surface area contributed by atoms with Gasteiger partial charge >= 0.3 is 11.9 Å². The van der Waals surface area contributed by atoms with Gasteiger partial charge in [0, 0.05) is 11.4 Å². The second kappa shape index (κ2) is 9.55. The van der Waals surface area contributed by atoms with Crippen LogP contribution in [0.2, 0.25) is 0 Å². The molecule has 0 amide bonds. The second-order valence-corrected chi connectivity index (χ2v) is 6.39. The highest BCUT2D eigenvalue weighted by atomic mass is 16.5. The summed E-state index contributed by atoms with van der Waals surface area (Å²) in [6, 6.07) is 0. The Bertz CT molecular complexity index is 447. The zero-order valence-corrected chi connectivity index (χ0v) is 14.8. The van der Waals surface area contributed by atoms with E-state index in [9.17, 15) is 9.59 Å². The second-order valence-electron chi connectivity index (χ2n) is 6.39. The summed E-state index contributed by atoms with van der Waals surface area (Å²) in [6.45, 7) is 4.55. The van der Waals surface area contributed by atoms with E-state index in [0.29, 0.717) is 13.2 Å². The molecular weight excluding hydrogens is 308 g/mol. The molecule has 2 fully saturated rings. The SMILES string of the molecule is CCOC(=O)C1CCC(=NN=C2CCC(C(=O)OCC)CC2)CC1. The molecule has 0 heterocycles. The highest BCUT2D eigenvalue weighted by Gasteiger charge is 2.26. The van der Waals surface area contributed by atoms with Gasteiger partial charge in [0.25, 0.3) is 0 Å². The molecular formula is C18H28N2O4. The predicted molar refractivity (Wildman–Crippen MR) is 92.1 cm³/mol. The van der Waals surface area contributed by atoms with Crippen molar-refractivity contribution in [1.29, 1.82) is 0 Å². The fourth-order valence-electron chi connectivity index (χ4n) is 3.24. The van der Waals surface area contributed by atoms with Crippen molar-refractivity contribution in [3.05, 3.63) is 0 Å². The lowest BCUT2D eigenvalue weighted by Crippen LogP contribution is -2.24. The topological polar surface area (TPSA) is 77.3 Å². The summed E-state index contributed by atoms with van der Waals surface area (Å²) < 4.78 is 10.1. The third-order valence-corrected chi connectivity index (χ3v) is 4.70. The number of ether oxygens (including phenoxy) is 2. The summed E-state index contributed by atoms with van der Waals surface area (Å²) >= 11 is 0. The van der Waals surface area contributed by atoms with Crippen LogP contribution in [0.5, 0.6) is 0 Å². The van der Waals surface area contributed by atoms with Crippen molar-refractivity contribution in [2.45, 2.75) is 65.2 Å².